The number of hydrogen-bond acceptors (Lipinski definition) is 4. The molecule has 0 bridgehead atoms. The molecule has 0 radical (unpaired) electrons. The van der Waals surface area contributed by atoms with Gasteiger partial charge >= 0.3 is 0 Å². The molecule has 0 unspecified atom stereocenters. The summed E-state index contributed by atoms with van der Waals surface area (Å²) in [6, 6.07) is 80.8. The number of nitrogens with zero attached hydrogens (tertiary/aromatic N) is 5. The molecule has 76 heavy (non-hydrogen) atoms. The second-order valence-electron chi connectivity index (χ2n) is 20.5. The molecule has 0 saturated heterocycles. The summed E-state index contributed by atoms with van der Waals surface area (Å²) >= 11 is 3.64. The number of benzene rings is 11. The predicted octanol–water partition coefficient (Wildman–Crippen LogP) is 15.9. The third kappa shape index (κ3) is 5.03. The van der Waals surface area contributed by atoms with E-state index in [1.54, 1.807) is 0 Å². The zero-order chi connectivity index (χ0) is 49.7. The maximum atomic E-state index is 12.3. The van der Waals surface area contributed by atoms with Crippen molar-refractivity contribution in [2.24, 2.45) is 0 Å². The molecule has 0 atom stereocenters. The van der Waals surface area contributed by atoms with Crippen molar-refractivity contribution in [1.82, 2.24) is 13.7 Å². The van der Waals surface area contributed by atoms with Crippen LogP contribution in [0.2, 0.25) is 0 Å². The van der Waals surface area contributed by atoms with Gasteiger partial charge in [-0.15, -0.1) is 22.7 Å². The van der Waals surface area contributed by atoms with Gasteiger partial charge in [0, 0.05) is 83.7 Å². The lowest BCUT2D eigenvalue weighted by Crippen LogP contribution is -2.60. The number of thiophene rings is 2. The average molecular weight is 996 g/mol. The van der Waals surface area contributed by atoms with E-state index in [9.17, 15) is 10.5 Å². The molecule has 16 aromatic rings. The van der Waals surface area contributed by atoms with Crippen molar-refractivity contribution in [1.29, 1.82) is 10.5 Å². The van der Waals surface area contributed by atoms with E-state index in [0.717, 1.165) is 105 Å². The molecular weight excluding hydrogens is 962 g/mol. The van der Waals surface area contributed by atoms with Gasteiger partial charge < -0.3 is 13.7 Å². The van der Waals surface area contributed by atoms with Gasteiger partial charge in [0.15, 0.2) is 0 Å². The molecule has 18 rings (SSSR count). The highest BCUT2D eigenvalue weighted by atomic mass is 32.1. The normalized spacial score (nSPS) is 12.7. The number of para-hydroxylation sites is 4. The van der Waals surface area contributed by atoms with E-state index in [1.807, 2.05) is 22.7 Å². The third-order valence-corrected chi connectivity index (χ3v) is 19.2. The standard InChI is InChI=1S/C68H34BN5S2/c70-35-51-64(52(36-71)68-63-67(51)73-55-19-5-1-11-41(55)47-15-9-17-53(65(47)73)69(63)54-18-10-16-48-42-12-2-6-20-56(42)74(68)66(48)54)72-57-33-39(37-25-29-61-49(31-37)45-13-3-7-21-59(45)75-61)23-27-43(57)44-28-24-40(34-58(44)72)38-26-30-62-50(32-38)46-14-4-8-22-60(46)76-62/h1-34H. The minimum Gasteiger partial charge on any atom is -0.309 e. The summed E-state index contributed by atoms with van der Waals surface area (Å²) in [6.07, 6.45) is 0. The lowest BCUT2D eigenvalue weighted by Gasteiger charge is -2.35. The fourth-order valence-electron chi connectivity index (χ4n) is 13.8. The zero-order valence-electron chi connectivity index (χ0n) is 40.3. The molecular formula is C68H34BN5S2. The van der Waals surface area contributed by atoms with Crippen LogP contribution in [0.4, 0.5) is 0 Å². The average Bonchev–Trinajstić information content (AvgIpc) is 4.41. The van der Waals surface area contributed by atoms with E-state index in [2.05, 4.69) is 232 Å². The van der Waals surface area contributed by atoms with E-state index in [4.69, 9.17) is 0 Å². The molecule has 346 valence electrons. The van der Waals surface area contributed by atoms with E-state index < -0.39 is 0 Å². The highest BCUT2D eigenvalue weighted by molar-refractivity contribution is 7.26. The van der Waals surface area contributed by atoms with Crippen LogP contribution in [-0.2, 0) is 0 Å². The monoisotopic (exact) mass is 995 g/mol. The van der Waals surface area contributed by atoms with Crippen molar-refractivity contribution in [2.75, 3.05) is 0 Å². The van der Waals surface area contributed by atoms with Crippen molar-refractivity contribution in [3.05, 3.63) is 217 Å². The molecule has 7 heterocycles. The highest BCUT2D eigenvalue weighted by Crippen LogP contribution is 2.47. The maximum Gasteiger partial charge on any atom is 0.252 e. The van der Waals surface area contributed by atoms with Gasteiger partial charge in [-0.2, -0.15) is 10.5 Å². The van der Waals surface area contributed by atoms with Gasteiger partial charge in [0.25, 0.3) is 6.71 Å². The van der Waals surface area contributed by atoms with Gasteiger partial charge in [-0.3, -0.25) is 0 Å². The molecule has 0 spiro atoms. The van der Waals surface area contributed by atoms with Crippen LogP contribution in [-0.4, -0.2) is 20.4 Å². The second kappa shape index (κ2) is 14.5. The van der Waals surface area contributed by atoms with E-state index in [0.29, 0.717) is 16.8 Å². The lowest BCUT2D eigenvalue weighted by molar-refractivity contribution is 1.08. The van der Waals surface area contributed by atoms with Crippen LogP contribution in [0.3, 0.4) is 0 Å². The maximum absolute atomic E-state index is 12.3. The first-order valence-electron chi connectivity index (χ1n) is 25.6. The molecule has 0 aliphatic carbocycles. The fraction of sp³-hybridized carbons (Fsp3) is 0. The van der Waals surface area contributed by atoms with Crippen molar-refractivity contribution in [3.8, 4) is 51.5 Å². The minimum atomic E-state index is -0.248. The summed E-state index contributed by atoms with van der Waals surface area (Å²) in [4.78, 5) is 0. The Bertz CT molecular complexity index is 5140. The third-order valence-electron chi connectivity index (χ3n) is 16.9. The summed E-state index contributed by atoms with van der Waals surface area (Å²) in [5.74, 6) is 0. The minimum absolute atomic E-state index is 0.248. The Labute approximate surface area is 441 Å². The molecule has 11 aromatic carbocycles. The molecule has 0 fully saturated rings. The Morgan fingerprint density at radius 3 is 1.20 bits per heavy atom. The quantitative estimate of drug-likeness (QED) is 0.166. The molecule has 2 aliphatic heterocycles. The molecule has 5 aromatic heterocycles. The van der Waals surface area contributed by atoms with Crippen LogP contribution in [0.25, 0.3) is 145 Å². The molecule has 2 aliphatic rings. The van der Waals surface area contributed by atoms with Crippen LogP contribution in [0.5, 0.6) is 0 Å². The first-order valence-corrected chi connectivity index (χ1v) is 27.3. The van der Waals surface area contributed by atoms with Gasteiger partial charge in [-0.05, 0) is 99.3 Å². The van der Waals surface area contributed by atoms with Gasteiger partial charge in [0.1, 0.15) is 23.3 Å². The van der Waals surface area contributed by atoms with Crippen LogP contribution in [0, 0.1) is 22.7 Å². The van der Waals surface area contributed by atoms with Crippen LogP contribution in [0.15, 0.2) is 206 Å². The van der Waals surface area contributed by atoms with E-state index in [1.165, 1.54) is 51.3 Å². The first kappa shape index (κ1) is 40.7. The molecule has 0 amide bonds. The van der Waals surface area contributed by atoms with Crippen LogP contribution in [0.1, 0.15) is 11.1 Å². The molecule has 8 heteroatoms. The van der Waals surface area contributed by atoms with Crippen molar-refractivity contribution >= 4 is 152 Å². The lowest BCUT2D eigenvalue weighted by atomic mass is 9.34. The predicted molar refractivity (Wildman–Crippen MR) is 320 cm³/mol. The van der Waals surface area contributed by atoms with Gasteiger partial charge in [0.2, 0.25) is 0 Å². The van der Waals surface area contributed by atoms with Crippen molar-refractivity contribution in [2.45, 2.75) is 0 Å². The summed E-state index contributed by atoms with van der Waals surface area (Å²) in [6.45, 7) is -0.248. The number of aromatic nitrogens is 3. The van der Waals surface area contributed by atoms with Crippen LogP contribution < -0.4 is 16.4 Å². The van der Waals surface area contributed by atoms with Crippen molar-refractivity contribution < 1.29 is 0 Å². The van der Waals surface area contributed by atoms with E-state index in [-0.39, 0.29) is 6.71 Å². The Morgan fingerprint density at radius 2 is 0.711 bits per heavy atom. The smallest absolute Gasteiger partial charge is 0.252 e. The summed E-state index contributed by atoms with van der Waals surface area (Å²) in [5, 5.41) is 36.2. The van der Waals surface area contributed by atoms with Gasteiger partial charge in [-0.25, -0.2) is 0 Å². The molecule has 0 N–H and O–H groups in total. The van der Waals surface area contributed by atoms with Crippen LogP contribution >= 0.6 is 22.7 Å². The number of fused-ring (bicyclic) bond motifs is 19. The van der Waals surface area contributed by atoms with Gasteiger partial charge in [-0.1, -0.05) is 146 Å². The molecule has 5 nitrogen and oxygen atoms in total. The van der Waals surface area contributed by atoms with E-state index >= 15 is 0 Å². The summed E-state index contributed by atoms with van der Waals surface area (Å²) < 4.78 is 12.0. The first-order chi connectivity index (χ1) is 37.6. The largest absolute Gasteiger partial charge is 0.309 e. The number of rotatable bonds is 3. The Morgan fingerprint density at radius 1 is 0.316 bits per heavy atom. The Balaban J connectivity index is 1.02. The second-order valence-corrected chi connectivity index (χ2v) is 22.6. The number of nitriles is 2. The van der Waals surface area contributed by atoms with Gasteiger partial charge in [0.05, 0.1) is 39.1 Å². The zero-order valence-corrected chi connectivity index (χ0v) is 41.9. The number of hydrogen-bond donors (Lipinski definition) is 0. The highest BCUT2D eigenvalue weighted by Gasteiger charge is 2.44. The Hall–Kier alpha value is -9.70. The molecule has 0 saturated carbocycles. The summed E-state index contributed by atoms with van der Waals surface area (Å²) in [5.41, 5.74) is 16.9. The summed E-state index contributed by atoms with van der Waals surface area (Å²) in [7, 11) is 0. The SMILES string of the molecule is N#Cc1c(-n2c3cc(-c4ccc5sc6ccccc6c5c4)ccc3c3ccc(-c4ccc5sc6ccccc6c5c4)cc32)c(C#N)c2c3c1-n1c4ccccc4c4cccc(c41)B3c1cccc3c4ccccc4n-2c13. The Kier molecular flexibility index (Phi) is 7.79. The topological polar surface area (TPSA) is 62.4 Å². The van der Waals surface area contributed by atoms with Crippen molar-refractivity contribution in [3.63, 3.8) is 0 Å². The fourth-order valence-corrected chi connectivity index (χ4v) is 16.0.